The molecule has 0 spiro atoms. The zero-order valence-electron chi connectivity index (χ0n) is 10.8. The summed E-state index contributed by atoms with van der Waals surface area (Å²) < 4.78 is 1.37. The second-order valence-electron chi connectivity index (χ2n) is 4.21. The number of nitrogens with one attached hydrogen (secondary N) is 1. The van der Waals surface area contributed by atoms with Crippen LogP contribution in [0.3, 0.4) is 0 Å². The van der Waals surface area contributed by atoms with Crippen LogP contribution in [0.2, 0.25) is 0 Å². The van der Waals surface area contributed by atoms with Crippen molar-refractivity contribution in [3.05, 3.63) is 37.2 Å². The highest BCUT2D eigenvalue weighted by Crippen LogP contribution is 2.26. The molecular formula is C12H12N2O4S2. The smallest absolute Gasteiger partial charge is 0.346 e. The number of carboxylic acid groups (broad SMARTS) is 1. The van der Waals surface area contributed by atoms with Crippen molar-refractivity contribution in [1.29, 1.82) is 0 Å². The summed E-state index contributed by atoms with van der Waals surface area (Å²) in [5.74, 6) is -1.37. The molecule has 0 radical (unpaired) electrons. The van der Waals surface area contributed by atoms with E-state index in [1.54, 1.807) is 25.3 Å². The van der Waals surface area contributed by atoms with Gasteiger partial charge in [0, 0.05) is 11.1 Å². The molecule has 1 amide bonds. The average Bonchev–Trinajstić information content (AvgIpc) is 2.86. The van der Waals surface area contributed by atoms with E-state index in [9.17, 15) is 14.4 Å². The van der Waals surface area contributed by atoms with E-state index in [0.717, 1.165) is 28.4 Å². The number of anilines is 1. The average molecular weight is 312 g/mol. The van der Waals surface area contributed by atoms with E-state index in [1.807, 2.05) is 0 Å². The molecule has 20 heavy (non-hydrogen) atoms. The van der Waals surface area contributed by atoms with E-state index in [0.29, 0.717) is 10.6 Å². The molecule has 0 aliphatic heterocycles. The van der Waals surface area contributed by atoms with Crippen molar-refractivity contribution < 1.29 is 14.7 Å². The molecule has 0 aliphatic rings. The van der Waals surface area contributed by atoms with Gasteiger partial charge in [0.25, 0.3) is 0 Å². The van der Waals surface area contributed by atoms with Gasteiger partial charge in [-0.2, -0.15) is 0 Å². The highest BCUT2D eigenvalue weighted by molar-refractivity contribution is 7.18. The first-order valence-corrected chi connectivity index (χ1v) is 7.36. The molecule has 6 nitrogen and oxygen atoms in total. The summed E-state index contributed by atoms with van der Waals surface area (Å²) in [5.41, 5.74) is 1.32. The van der Waals surface area contributed by atoms with Crippen molar-refractivity contribution in [2.45, 2.75) is 20.4 Å². The molecule has 106 valence electrons. The molecule has 0 fully saturated rings. The van der Waals surface area contributed by atoms with Gasteiger partial charge in [-0.1, -0.05) is 11.3 Å². The van der Waals surface area contributed by atoms with Crippen LogP contribution in [-0.2, 0) is 11.3 Å². The summed E-state index contributed by atoms with van der Waals surface area (Å²) in [6.07, 6.45) is 0. The lowest BCUT2D eigenvalue weighted by atomic mass is 10.3. The monoisotopic (exact) mass is 312 g/mol. The van der Waals surface area contributed by atoms with Gasteiger partial charge in [-0.05, 0) is 25.5 Å². The molecule has 2 rings (SSSR count). The van der Waals surface area contributed by atoms with Gasteiger partial charge in [-0.3, -0.25) is 14.2 Å². The Hall–Kier alpha value is -1.93. The number of carboxylic acids is 1. The molecule has 2 aromatic heterocycles. The number of aromatic nitrogens is 1. The lowest BCUT2D eigenvalue weighted by molar-refractivity contribution is -0.116. The van der Waals surface area contributed by atoms with Crippen LogP contribution in [0.25, 0.3) is 0 Å². The van der Waals surface area contributed by atoms with Gasteiger partial charge in [-0.15, -0.1) is 11.3 Å². The zero-order valence-corrected chi connectivity index (χ0v) is 12.4. The molecule has 0 saturated carbocycles. The fourth-order valence-electron chi connectivity index (χ4n) is 1.67. The minimum absolute atomic E-state index is 0.0759. The number of thiophene rings is 1. The number of amides is 1. The Kier molecular flexibility index (Phi) is 4.05. The van der Waals surface area contributed by atoms with Gasteiger partial charge in [0.15, 0.2) is 0 Å². The first-order chi connectivity index (χ1) is 9.38. The Bertz CT molecular complexity index is 726. The van der Waals surface area contributed by atoms with E-state index >= 15 is 0 Å². The summed E-state index contributed by atoms with van der Waals surface area (Å²) in [5, 5.41) is 13.7. The normalized spacial score (nSPS) is 10.5. The molecule has 0 atom stereocenters. The lowest BCUT2D eigenvalue weighted by Gasteiger charge is -2.04. The largest absolute Gasteiger partial charge is 0.477 e. The van der Waals surface area contributed by atoms with Crippen LogP contribution in [-0.4, -0.2) is 21.6 Å². The molecule has 8 heteroatoms. The second-order valence-corrected chi connectivity index (χ2v) is 6.08. The van der Waals surface area contributed by atoms with Crippen molar-refractivity contribution in [3.8, 4) is 0 Å². The fraction of sp³-hybridized carbons (Fsp3) is 0.250. The maximum Gasteiger partial charge on any atom is 0.346 e. The van der Waals surface area contributed by atoms with Crippen LogP contribution >= 0.6 is 22.7 Å². The van der Waals surface area contributed by atoms with Crippen molar-refractivity contribution in [1.82, 2.24) is 4.57 Å². The van der Waals surface area contributed by atoms with Crippen molar-refractivity contribution in [3.63, 3.8) is 0 Å². The quantitative estimate of drug-likeness (QED) is 0.903. The first-order valence-electron chi connectivity index (χ1n) is 5.67. The van der Waals surface area contributed by atoms with Crippen LogP contribution in [0.5, 0.6) is 0 Å². The standard InChI is InChI=1S/C12H12N2O4S2/c1-6-3-9(20-10(6)11(16)17)13-8(15)4-14-7(2)5-19-12(14)18/h3,5H,4H2,1-2H3,(H,13,15)(H,16,17). The number of hydrogen-bond acceptors (Lipinski definition) is 5. The number of nitrogens with zero attached hydrogens (tertiary/aromatic N) is 1. The molecule has 0 unspecified atom stereocenters. The molecular weight excluding hydrogens is 300 g/mol. The van der Waals surface area contributed by atoms with E-state index in [4.69, 9.17) is 5.11 Å². The fourth-order valence-corrected chi connectivity index (χ4v) is 3.33. The van der Waals surface area contributed by atoms with Crippen molar-refractivity contribution in [2.75, 3.05) is 5.32 Å². The summed E-state index contributed by atoms with van der Waals surface area (Å²) in [7, 11) is 0. The summed E-state index contributed by atoms with van der Waals surface area (Å²) in [6.45, 7) is 3.35. The molecule has 2 heterocycles. The summed E-state index contributed by atoms with van der Waals surface area (Å²) >= 11 is 2.04. The first kappa shape index (κ1) is 14.5. The summed E-state index contributed by atoms with van der Waals surface area (Å²) in [6, 6.07) is 1.61. The van der Waals surface area contributed by atoms with Crippen molar-refractivity contribution in [2.24, 2.45) is 0 Å². The third-order valence-electron chi connectivity index (χ3n) is 2.65. The Labute approximate surface area is 122 Å². The number of aryl methyl sites for hydroxylation is 2. The van der Waals surface area contributed by atoms with Crippen LogP contribution in [0.15, 0.2) is 16.2 Å². The number of carbonyl (C=O) groups is 2. The highest BCUT2D eigenvalue weighted by atomic mass is 32.1. The topological polar surface area (TPSA) is 88.4 Å². The highest BCUT2D eigenvalue weighted by Gasteiger charge is 2.14. The lowest BCUT2D eigenvalue weighted by Crippen LogP contribution is -2.24. The van der Waals surface area contributed by atoms with Crippen LogP contribution in [0.4, 0.5) is 5.00 Å². The Balaban J connectivity index is 2.11. The van der Waals surface area contributed by atoms with Gasteiger partial charge in [-0.25, -0.2) is 4.79 Å². The Morgan fingerprint density at radius 2 is 2.10 bits per heavy atom. The predicted molar refractivity (Wildman–Crippen MR) is 78.0 cm³/mol. The molecule has 2 N–H and O–H groups in total. The Morgan fingerprint density at radius 1 is 1.40 bits per heavy atom. The zero-order chi connectivity index (χ0) is 14.9. The third-order valence-corrected chi connectivity index (χ3v) is 4.67. The van der Waals surface area contributed by atoms with Gasteiger partial charge in [0.05, 0.1) is 5.00 Å². The number of aromatic carboxylic acids is 1. The van der Waals surface area contributed by atoms with Gasteiger partial charge < -0.3 is 10.4 Å². The van der Waals surface area contributed by atoms with E-state index in [2.05, 4.69) is 5.32 Å². The van der Waals surface area contributed by atoms with Gasteiger partial charge >= 0.3 is 10.8 Å². The number of hydrogen-bond donors (Lipinski definition) is 2. The van der Waals surface area contributed by atoms with Crippen molar-refractivity contribution >= 4 is 39.6 Å². The number of carbonyl (C=O) groups excluding carboxylic acids is 1. The predicted octanol–water partition coefficient (Wildman–Crippen LogP) is 1.93. The van der Waals surface area contributed by atoms with E-state index in [1.165, 1.54) is 4.57 Å². The number of rotatable bonds is 4. The third kappa shape index (κ3) is 2.97. The van der Waals surface area contributed by atoms with E-state index in [-0.39, 0.29) is 22.2 Å². The van der Waals surface area contributed by atoms with Gasteiger partial charge in [0.2, 0.25) is 5.91 Å². The molecule has 2 aromatic rings. The Morgan fingerprint density at radius 3 is 2.60 bits per heavy atom. The van der Waals surface area contributed by atoms with Gasteiger partial charge in [0.1, 0.15) is 11.4 Å². The minimum Gasteiger partial charge on any atom is -0.477 e. The maximum atomic E-state index is 11.9. The van der Waals surface area contributed by atoms with Crippen LogP contribution in [0, 0.1) is 13.8 Å². The second kappa shape index (κ2) is 5.59. The van der Waals surface area contributed by atoms with Crippen LogP contribution in [0.1, 0.15) is 20.9 Å². The minimum atomic E-state index is -1.02. The molecule has 0 aliphatic carbocycles. The number of thiazole rings is 1. The molecule has 0 aromatic carbocycles. The maximum absolute atomic E-state index is 11.9. The molecule has 0 bridgehead atoms. The summed E-state index contributed by atoms with van der Waals surface area (Å²) in [4.78, 5) is 34.3. The molecule has 0 saturated heterocycles. The van der Waals surface area contributed by atoms with Crippen LogP contribution < -0.4 is 10.2 Å². The SMILES string of the molecule is Cc1cc(NC(=O)Cn2c(C)csc2=O)sc1C(=O)O. The van der Waals surface area contributed by atoms with E-state index < -0.39 is 5.97 Å².